The molecular formula is C34H62N3O2+. The Kier molecular flexibility index (Phi) is 22.6. The Balaban J connectivity index is 1.97. The summed E-state index contributed by atoms with van der Waals surface area (Å²) in [6.45, 7) is 7.95. The number of carbonyl (C=O) groups is 2. The molecule has 1 aromatic heterocycles. The second kappa shape index (κ2) is 25.1. The zero-order chi connectivity index (χ0) is 28.4. The summed E-state index contributed by atoms with van der Waals surface area (Å²) in [6, 6.07) is 5.64. The molecule has 0 saturated carbocycles. The molecule has 1 rings (SSSR count). The third kappa shape index (κ3) is 20.6. The normalized spacial score (nSPS) is 12.0. The van der Waals surface area contributed by atoms with Gasteiger partial charge in [0.2, 0.25) is 11.8 Å². The SMILES string of the molecule is CCCCCCCCCCCCCCCCCCNC(=O)[C@H](NC(=O)CCCCC[n+]1ccccc1)C(C)C. The van der Waals surface area contributed by atoms with Crippen molar-refractivity contribution in [3.05, 3.63) is 30.6 Å². The summed E-state index contributed by atoms with van der Waals surface area (Å²) in [4.78, 5) is 25.1. The zero-order valence-electron chi connectivity index (χ0n) is 25.9. The van der Waals surface area contributed by atoms with Crippen LogP contribution in [0.4, 0.5) is 0 Å². The van der Waals surface area contributed by atoms with Crippen LogP contribution < -0.4 is 15.2 Å². The molecule has 0 radical (unpaired) electrons. The Morgan fingerprint density at radius 2 is 1.13 bits per heavy atom. The Morgan fingerprint density at radius 3 is 1.64 bits per heavy atom. The molecule has 0 aliphatic heterocycles. The number of amides is 2. The van der Waals surface area contributed by atoms with E-state index in [1.54, 1.807) is 0 Å². The summed E-state index contributed by atoms with van der Waals surface area (Å²) in [6.07, 6.45) is 29.1. The van der Waals surface area contributed by atoms with Crippen molar-refractivity contribution in [3.63, 3.8) is 0 Å². The van der Waals surface area contributed by atoms with Gasteiger partial charge in [0, 0.05) is 31.5 Å². The average molecular weight is 545 g/mol. The number of pyridine rings is 1. The van der Waals surface area contributed by atoms with Gasteiger partial charge in [-0.3, -0.25) is 9.59 Å². The van der Waals surface area contributed by atoms with E-state index in [4.69, 9.17) is 0 Å². The van der Waals surface area contributed by atoms with Crippen molar-refractivity contribution in [3.8, 4) is 0 Å². The van der Waals surface area contributed by atoms with Gasteiger partial charge in [0.15, 0.2) is 12.4 Å². The molecule has 0 bridgehead atoms. The highest BCUT2D eigenvalue weighted by atomic mass is 16.2. The van der Waals surface area contributed by atoms with Gasteiger partial charge in [0.25, 0.3) is 0 Å². The summed E-state index contributed by atoms with van der Waals surface area (Å²) in [5.41, 5.74) is 0. The quantitative estimate of drug-likeness (QED) is 0.0915. The van der Waals surface area contributed by atoms with E-state index >= 15 is 0 Å². The Labute approximate surface area is 241 Å². The molecule has 1 aromatic rings. The maximum absolute atomic E-state index is 12.7. The summed E-state index contributed by atoms with van der Waals surface area (Å²) >= 11 is 0. The highest BCUT2D eigenvalue weighted by Gasteiger charge is 2.23. The lowest BCUT2D eigenvalue weighted by Gasteiger charge is -2.21. The molecule has 2 N–H and O–H groups in total. The van der Waals surface area contributed by atoms with Gasteiger partial charge in [-0.1, -0.05) is 123 Å². The van der Waals surface area contributed by atoms with Gasteiger partial charge in [0.1, 0.15) is 12.6 Å². The monoisotopic (exact) mass is 544 g/mol. The van der Waals surface area contributed by atoms with Crippen molar-refractivity contribution in [1.82, 2.24) is 10.6 Å². The largest absolute Gasteiger partial charge is 0.354 e. The van der Waals surface area contributed by atoms with Gasteiger partial charge in [0.05, 0.1) is 0 Å². The summed E-state index contributed by atoms with van der Waals surface area (Å²) in [7, 11) is 0. The zero-order valence-corrected chi connectivity index (χ0v) is 25.9. The number of unbranched alkanes of at least 4 members (excludes halogenated alkanes) is 17. The molecule has 5 heteroatoms. The van der Waals surface area contributed by atoms with Crippen LogP contribution in [-0.2, 0) is 16.1 Å². The Morgan fingerprint density at radius 1 is 0.641 bits per heavy atom. The highest BCUT2D eigenvalue weighted by molar-refractivity contribution is 5.87. The standard InChI is InChI=1S/C34H61N3O2/c1-4-5-6-7-8-9-10-11-12-13-14-15-16-17-18-22-27-35-34(39)33(31(2)3)36-32(38)26-21-19-23-28-37-29-24-20-25-30-37/h20,24-25,29-31,33H,4-19,21-23,26-28H2,1-3H3,(H-,35,36,38,39)/p+1/t33-/m1/s1. The third-order valence-electron chi connectivity index (χ3n) is 7.69. The molecule has 224 valence electrons. The number of aryl methyl sites for hydroxylation is 1. The molecule has 5 nitrogen and oxygen atoms in total. The van der Waals surface area contributed by atoms with Crippen LogP contribution in [0.25, 0.3) is 0 Å². The Bertz CT molecular complexity index is 708. The fraction of sp³-hybridized carbons (Fsp3) is 0.794. The maximum Gasteiger partial charge on any atom is 0.242 e. The lowest BCUT2D eigenvalue weighted by atomic mass is 10.0. The van der Waals surface area contributed by atoms with Gasteiger partial charge >= 0.3 is 0 Å². The van der Waals surface area contributed by atoms with Crippen molar-refractivity contribution >= 4 is 11.8 Å². The van der Waals surface area contributed by atoms with Gasteiger partial charge in [-0.05, 0) is 25.2 Å². The molecule has 0 saturated heterocycles. The minimum atomic E-state index is -0.446. The van der Waals surface area contributed by atoms with Crippen molar-refractivity contribution < 1.29 is 14.2 Å². The Hall–Kier alpha value is -1.91. The van der Waals surface area contributed by atoms with E-state index in [2.05, 4.69) is 34.5 Å². The van der Waals surface area contributed by atoms with Crippen molar-refractivity contribution in [2.75, 3.05) is 6.54 Å². The lowest BCUT2D eigenvalue weighted by Crippen LogP contribution is -2.49. The van der Waals surface area contributed by atoms with Crippen LogP contribution in [-0.4, -0.2) is 24.4 Å². The average Bonchev–Trinajstić information content (AvgIpc) is 2.93. The first-order valence-electron chi connectivity index (χ1n) is 16.6. The van der Waals surface area contributed by atoms with E-state index in [0.717, 1.165) is 38.6 Å². The van der Waals surface area contributed by atoms with Crippen LogP contribution in [0.3, 0.4) is 0 Å². The fourth-order valence-electron chi connectivity index (χ4n) is 5.12. The predicted molar refractivity (Wildman–Crippen MR) is 164 cm³/mol. The second-order valence-electron chi connectivity index (χ2n) is 11.8. The van der Waals surface area contributed by atoms with Crippen LogP contribution in [0, 0.1) is 5.92 Å². The number of carbonyl (C=O) groups excluding carboxylic acids is 2. The van der Waals surface area contributed by atoms with Crippen molar-refractivity contribution in [2.24, 2.45) is 5.92 Å². The first kappa shape index (κ1) is 35.1. The first-order valence-corrected chi connectivity index (χ1v) is 16.6. The second-order valence-corrected chi connectivity index (χ2v) is 11.8. The molecule has 0 unspecified atom stereocenters. The number of hydrogen-bond acceptors (Lipinski definition) is 2. The summed E-state index contributed by atoms with van der Waals surface area (Å²) in [5.74, 6) is 0.0210. The van der Waals surface area contributed by atoms with Crippen LogP contribution in [0.15, 0.2) is 30.6 Å². The third-order valence-corrected chi connectivity index (χ3v) is 7.69. The highest BCUT2D eigenvalue weighted by Crippen LogP contribution is 2.13. The van der Waals surface area contributed by atoms with Crippen LogP contribution in [0.5, 0.6) is 0 Å². The van der Waals surface area contributed by atoms with Crippen molar-refractivity contribution in [1.29, 1.82) is 0 Å². The van der Waals surface area contributed by atoms with E-state index in [9.17, 15) is 9.59 Å². The molecule has 0 aromatic carbocycles. The molecule has 0 aliphatic rings. The van der Waals surface area contributed by atoms with Gasteiger partial charge in [-0.2, -0.15) is 0 Å². The number of nitrogens with one attached hydrogen (secondary N) is 2. The maximum atomic E-state index is 12.7. The number of rotatable bonds is 26. The van der Waals surface area contributed by atoms with E-state index in [0.29, 0.717) is 13.0 Å². The summed E-state index contributed by atoms with van der Waals surface area (Å²) < 4.78 is 2.17. The molecule has 0 fully saturated rings. The van der Waals surface area contributed by atoms with Crippen LogP contribution in [0.2, 0.25) is 0 Å². The molecule has 1 atom stereocenters. The minimum absolute atomic E-state index is 0.0152. The van der Waals surface area contributed by atoms with Crippen LogP contribution >= 0.6 is 0 Å². The van der Waals surface area contributed by atoms with E-state index in [-0.39, 0.29) is 17.7 Å². The van der Waals surface area contributed by atoms with Crippen LogP contribution in [0.1, 0.15) is 149 Å². The number of hydrogen-bond donors (Lipinski definition) is 2. The topological polar surface area (TPSA) is 62.1 Å². The van der Waals surface area contributed by atoms with Gasteiger partial charge < -0.3 is 10.6 Å². The smallest absolute Gasteiger partial charge is 0.242 e. The van der Waals surface area contributed by atoms with E-state index < -0.39 is 6.04 Å². The summed E-state index contributed by atoms with van der Waals surface area (Å²) in [5, 5.41) is 6.03. The number of aromatic nitrogens is 1. The molecule has 2 amide bonds. The fourth-order valence-corrected chi connectivity index (χ4v) is 5.12. The van der Waals surface area contributed by atoms with E-state index in [1.807, 2.05) is 32.0 Å². The molecule has 0 aliphatic carbocycles. The first-order chi connectivity index (χ1) is 19.0. The molecule has 1 heterocycles. The lowest BCUT2D eigenvalue weighted by molar-refractivity contribution is -0.697. The van der Waals surface area contributed by atoms with Gasteiger partial charge in [-0.15, -0.1) is 0 Å². The molecule has 0 spiro atoms. The van der Waals surface area contributed by atoms with E-state index in [1.165, 1.54) is 89.9 Å². The molecule has 39 heavy (non-hydrogen) atoms. The predicted octanol–water partition coefficient (Wildman–Crippen LogP) is 8.05. The number of nitrogens with zero attached hydrogens (tertiary/aromatic N) is 1. The minimum Gasteiger partial charge on any atom is -0.354 e. The molecular weight excluding hydrogens is 482 g/mol. The van der Waals surface area contributed by atoms with Gasteiger partial charge in [-0.25, -0.2) is 4.57 Å². The van der Waals surface area contributed by atoms with Crippen molar-refractivity contribution in [2.45, 2.75) is 162 Å².